The molecule has 0 bridgehead atoms. The summed E-state index contributed by atoms with van der Waals surface area (Å²) in [6.45, 7) is 1.76. The van der Waals surface area contributed by atoms with E-state index < -0.39 is 0 Å². The third kappa shape index (κ3) is 3.19. The van der Waals surface area contributed by atoms with E-state index in [1.54, 1.807) is 0 Å². The molecule has 2 aliphatic heterocycles. The number of nitrogens with zero attached hydrogens (tertiary/aromatic N) is 2. The summed E-state index contributed by atoms with van der Waals surface area (Å²) in [6, 6.07) is 1.10. The monoisotopic (exact) mass is 333 g/mol. The molecule has 2 heterocycles. The lowest BCUT2D eigenvalue weighted by Gasteiger charge is -2.47. The number of fused-ring (bicyclic) bond motifs is 2. The van der Waals surface area contributed by atoms with E-state index in [-0.39, 0.29) is 17.9 Å². The quantitative estimate of drug-likeness (QED) is 0.840. The topological polar surface area (TPSA) is 52.7 Å². The van der Waals surface area contributed by atoms with Crippen LogP contribution in [0.2, 0.25) is 0 Å². The van der Waals surface area contributed by atoms with Crippen molar-refractivity contribution in [1.82, 2.24) is 15.1 Å². The summed E-state index contributed by atoms with van der Waals surface area (Å²) in [5, 5.41) is 3.14. The first-order valence-electron chi connectivity index (χ1n) is 10.1. The third-order valence-electron chi connectivity index (χ3n) is 6.79. The molecule has 2 saturated carbocycles. The molecule has 4 aliphatic rings. The molecule has 2 amide bonds. The van der Waals surface area contributed by atoms with Crippen LogP contribution in [-0.4, -0.2) is 59.4 Å². The van der Waals surface area contributed by atoms with Crippen LogP contribution in [0, 0.1) is 5.92 Å². The SMILES string of the molecule is O=C1CN(CC(=O)N2CCC[C@@H]3CCCC[C@@H]32)[C@@H]2CCCC[C@@H]2N1. The first-order valence-corrected chi connectivity index (χ1v) is 10.1. The van der Waals surface area contributed by atoms with Crippen molar-refractivity contribution in [2.24, 2.45) is 5.92 Å². The van der Waals surface area contributed by atoms with Gasteiger partial charge in [-0.3, -0.25) is 14.5 Å². The van der Waals surface area contributed by atoms with Crippen molar-refractivity contribution in [3.63, 3.8) is 0 Å². The summed E-state index contributed by atoms with van der Waals surface area (Å²) >= 11 is 0. The summed E-state index contributed by atoms with van der Waals surface area (Å²) in [7, 11) is 0. The minimum atomic E-state index is 0.0973. The van der Waals surface area contributed by atoms with Crippen LogP contribution in [0.25, 0.3) is 0 Å². The van der Waals surface area contributed by atoms with Crippen molar-refractivity contribution in [3.05, 3.63) is 0 Å². The second kappa shape index (κ2) is 7.03. The number of hydrogen-bond acceptors (Lipinski definition) is 3. The van der Waals surface area contributed by atoms with Crippen molar-refractivity contribution in [2.75, 3.05) is 19.6 Å². The molecule has 0 aromatic carbocycles. The maximum atomic E-state index is 13.1. The van der Waals surface area contributed by atoms with Gasteiger partial charge in [-0.05, 0) is 44.4 Å². The maximum Gasteiger partial charge on any atom is 0.237 e. The lowest BCUT2D eigenvalue weighted by molar-refractivity contribution is -0.142. The number of rotatable bonds is 2. The first-order chi connectivity index (χ1) is 11.7. The van der Waals surface area contributed by atoms with Gasteiger partial charge < -0.3 is 10.2 Å². The van der Waals surface area contributed by atoms with Crippen LogP contribution in [0.5, 0.6) is 0 Å². The van der Waals surface area contributed by atoms with E-state index in [9.17, 15) is 9.59 Å². The minimum absolute atomic E-state index is 0.0973. The number of piperazine rings is 1. The van der Waals surface area contributed by atoms with E-state index in [1.807, 2.05) is 0 Å². The number of amides is 2. The van der Waals surface area contributed by atoms with E-state index in [0.29, 0.717) is 25.2 Å². The second-order valence-corrected chi connectivity index (χ2v) is 8.27. The molecule has 4 rings (SSSR count). The molecule has 5 heteroatoms. The van der Waals surface area contributed by atoms with Gasteiger partial charge in [0.2, 0.25) is 11.8 Å². The van der Waals surface area contributed by atoms with Crippen LogP contribution in [0.4, 0.5) is 0 Å². The van der Waals surface area contributed by atoms with E-state index >= 15 is 0 Å². The van der Waals surface area contributed by atoms with Gasteiger partial charge in [-0.2, -0.15) is 0 Å². The molecule has 0 aromatic rings. The highest BCUT2D eigenvalue weighted by molar-refractivity contribution is 5.82. The van der Waals surface area contributed by atoms with Crippen LogP contribution in [0.3, 0.4) is 0 Å². The highest BCUT2D eigenvalue weighted by atomic mass is 16.2. The van der Waals surface area contributed by atoms with Gasteiger partial charge in [-0.25, -0.2) is 0 Å². The summed E-state index contributed by atoms with van der Waals surface area (Å²) in [4.78, 5) is 29.4. The number of piperidine rings is 1. The molecule has 0 aromatic heterocycles. The Bertz CT molecular complexity index is 493. The van der Waals surface area contributed by atoms with Gasteiger partial charge in [0.25, 0.3) is 0 Å². The Labute approximate surface area is 145 Å². The Kier molecular flexibility index (Phi) is 4.79. The summed E-state index contributed by atoms with van der Waals surface area (Å²) in [6.07, 6.45) is 12.1. The molecule has 4 fully saturated rings. The number of carbonyl (C=O) groups is 2. The predicted molar refractivity (Wildman–Crippen MR) is 92.5 cm³/mol. The predicted octanol–water partition coefficient (Wildman–Crippen LogP) is 1.91. The Hall–Kier alpha value is -1.10. The first kappa shape index (κ1) is 16.4. The van der Waals surface area contributed by atoms with E-state index in [4.69, 9.17) is 0 Å². The number of hydrogen-bond donors (Lipinski definition) is 1. The van der Waals surface area contributed by atoms with Crippen molar-refractivity contribution in [3.8, 4) is 0 Å². The van der Waals surface area contributed by atoms with Gasteiger partial charge in [-0.15, -0.1) is 0 Å². The minimum Gasteiger partial charge on any atom is -0.351 e. The lowest BCUT2D eigenvalue weighted by atomic mass is 9.78. The molecule has 0 spiro atoms. The average molecular weight is 333 g/mol. The molecule has 134 valence electrons. The van der Waals surface area contributed by atoms with Gasteiger partial charge in [0.15, 0.2) is 0 Å². The lowest BCUT2D eigenvalue weighted by Crippen LogP contribution is -2.63. The van der Waals surface area contributed by atoms with Crippen molar-refractivity contribution >= 4 is 11.8 Å². The van der Waals surface area contributed by atoms with Crippen LogP contribution in [-0.2, 0) is 9.59 Å². The molecule has 24 heavy (non-hydrogen) atoms. The van der Waals surface area contributed by atoms with Crippen LogP contribution in [0.15, 0.2) is 0 Å². The summed E-state index contributed by atoms with van der Waals surface area (Å²) in [5.41, 5.74) is 0. The smallest absolute Gasteiger partial charge is 0.237 e. The van der Waals surface area contributed by atoms with Crippen LogP contribution in [0.1, 0.15) is 64.2 Å². The Morgan fingerprint density at radius 3 is 2.54 bits per heavy atom. The van der Waals surface area contributed by atoms with Gasteiger partial charge in [0.1, 0.15) is 0 Å². The number of likely N-dealkylation sites (tertiary alicyclic amines) is 1. The highest BCUT2D eigenvalue weighted by Gasteiger charge is 2.40. The van der Waals surface area contributed by atoms with Crippen molar-refractivity contribution < 1.29 is 9.59 Å². The second-order valence-electron chi connectivity index (χ2n) is 8.27. The van der Waals surface area contributed by atoms with E-state index in [2.05, 4.69) is 15.1 Å². The fourth-order valence-corrected chi connectivity index (χ4v) is 5.64. The zero-order valence-corrected chi connectivity index (χ0v) is 14.7. The fourth-order valence-electron chi connectivity index (χ4n) is 5.64. The molecular formula is C19H31N3O2. The number of carbonyl (C=O) groups excluding carboxylic acids is 2. The van der Waals surface area contributed by atoms with Crippen LogP contribution < -0.4 is 5.32 Å². The zero-order valence-electron chi connectivity index (χ0n) is 14.7. The number of nitrogens with one attached hydrogen (secondary N) is 1. The molecular weight excluding hydrogens is 302 g/mol. The summed E-state index contributed by atoms with van der Waals surface area (Å²) < 4.78 is 0. The molecule has 0 radical (unpaired) electrons. The molecule has 2 aliphatic carbocycles. The van der Waals surface area contributed by atoms with E-state index in [0.717, 1.165) is 31.7 Å². The largest absolute Gasteiger partial charge is 0.351 e. The molecule has 0 unspecified atom stereocenters. The Balaban J connectivity index is 1.43. The molecule has 5 nitrogen and oxygen atoms in total. The standard InChI is InChI=1S/C19H31N3O2/c23-18-12-21(17-10-4-2-8-15(17)20-18)13-19(24)22-11-5-7-14-6-1-3-9-16(14)22/h14-17H,1-13H2,(H,20,23)/t14-,15-,16-,17+/m0/s1. The van der Waals surface area contributed by atoms with Crippen molar-refractivity contribution in [2.45, 2.75) is 82.3 Å². The molecule has 4 atom stereocenters. The van der Waals surface area contributed by atoms with Crippen molar-refractivity contribution in [1.29, 1.82) is 0 Å². The fraction of sp³-hybridized carbons (Fsp3) is 0.895. The van der Waals surface area contributed by atoms with Crippen LogP contribution >= 0.6 is 0 Å². The third-order valence-corrected chi connectivity index (χ3v) is 6.79. The highest BCUT2D eigenvalue weighted by Crippen LogP contribution is 2.35. The van der Waals surface area contributed by atoms with Gasteiger partial charge in [0.05, 0.1) is 13.1 Å². The average Bonchev–Trinajstić information content (AvgIpc) is 2.61. The molecule has 1 N–H and O–H groups in total. The maximum absolute atomic E-state index is 13.1. The zero-order chi connectivity index (χ0) is 16.5. The van der Waals surface area contributed by atoms with Gasteiger partial charge in [0, 0.05) is 24.7 Å². The molecule has 2 saturated heterocycles. The van der Waals surface area contributed by atoms with Gasteiger partial charge >= 0.3 is 0 Å². The summed E-state index contributed by atoms with van der Waals surface area (Å²) in [5.74, 6) is 1.09. The Morgan fingerprint density at radius 1 is 0.958 bits per heavy atom. The normalized spacial score (nSPS) is 37.3. The van der Waals surface area contributed by atoms with Gasteiger partial charge in [-0.1, -0.05) is 25.7 Å². The Morgan fingerprint density at radius 2 is 1.67 bits per heavy atom. The van der Waals surface area contributed by atoms with E-state index in [1.165, 1.54) is 44.9 Å².